The van der Waals surface area contributed by atoms with Crippen molar-refractivity contribution < 1.29 is 9.59 Å². The van der Waals surface area contributed by atoms with Gasteiger partial charge in [-0.3, -0.25) is 9.59 Å². The van der Waals surface area contributed by atoms with Gasteiger partial charge in [0.1, 0.15) is 11.6 Å². The first-order chi connectivity index (χ1) is 7.79. The van der Waals surface area contributed by atoms with E-state index in [1.54, 1.807) is 0 Å². The summed E-state index contributed by atoms with van der Waals surface area (Å²) in [6, 6.07) is 0. The lowest BCUT2D eigenvalue weighted by molar-refractivity contribution is -0.150. The summed E-state index contributed by atoms with van der Waals surface area (Å²) < 4.78 is 0. The molecule has 2 heteroatoms. The Kier molecular flexibility index (Phi) is 2.61. The molecule has 0 bridgehead atoms. The topological polar surface area (TPSA) is 34.1 Å². The number of carbonyl (C=O) groups excluding carboxylic acids is 2. The number of hydrogen-bond acceptors (Lipinski definition) is 2. The smallest absolute Gasteiger partial charge is 0.136 e. The number of fused-ring (bicyclic) bond motifs is 4. The number of rotatable bonds is 0. The van der Waals surface area contributed by atoms with Crippen LogP contribution in [0.4, 0.5) is 0 Å². The third kappa shape index (κ3) is 1.46. The first-order valence-corrected chi connectivity index (χ1v) is 6.84. The lowest BCUT2D eigenvalue weighted by Gasteiger charge is -2.49. The second-order valence-electron chi connectivity index (χ2n) is 5.80. The van der Waals surface area contributed by atoms with Crippen LogP contribution >= 0.6 is 0 Å². The molecule has 0 aromatic heterocycles. The fourth-order valence-corrected chi connectivity index (χ4v) is 4.28. The Morgan fingerprint density at radius 3 is 1.56 bits per heavy atom. The van der Waals surface area contributed by atoms with E-state index in [0.29, 0.717) is 23.4 Å². The monoisotopic (exact) mass is 220 g/mol. The molecule has 0 aliphatic heterocycles. The zero-order valence-electron chi connectivity index (χ0n) is 9.78. The predicted octanol–water partition coefficient (Wildman–Crippen LogP) is 2.75. The Morgan fingerprint density at radius 2 is 1.12 bits per heavy atom. The van der Waals surface area contributed by atoms with E-state index in [0.717, 1.165) is 25.7 Å². The van der Waals surface area contributed by atoms with Crippen LogP contribution in [-0.2, 0) is 9.59 Å². The Labute approximate surface area is 96.8 Å². The second-order valence-corrected chi connectivity index (χ2v) is 5.80. The molecule has 0 heterocycles. The quantitative estimate of drug-likeness (QED) is 0.629. The zero-order chi connectivity index (χ0) is 11.1. The van der Waals surface area contributed by atoms with E-state index in [9.17, 15) is 9.59 Å². The summed E-state index contributed by atoms with van der Waals surface area (Å²) in [6.07, 6.45) is 8.37. The molecule has 0 amide bonds. The summed E-state index contributed by atoms with van der Waals surface area (Å²) in [5.74, 6) is 2.22. The molecule has 3 rings (SSSR count). The molecule has 0 aromatic rings. The van der Waals surface area contributed by atoms with Gasteiger partial charge >= 0.3 is 0 Å². The van der Waals surface area contributed by atoms with Crippen molar-refractivity contribution in [3.8, 4) is 0 Å². The first kappa shape index (κ1) is 10.5. The fourth-order valence-electron chi connectivity index (χ4n) is 4.28. The van der Waals surface area contributed by atoms with Gasteiger partial charge < -0.3 is 0 Å². The van der Waals surface area contributed by atoms with Gasteiger partial charge in [-0.25, -0.2) is 0 Å². The fraction of sp³-hybridized carbons (Fsp3) is 0.857. The molecule has 3 saturated carbocycles. The van der Waals surface area contributed by atoms with Crippen molar-refractivity contribution >= 4 is 11.6 Å². The van der Waals surface area contributed by atoms with Crippen molar-refractivity contribution in [3.63, 3.8) is 0 Å². The average Bonchev–Trinajstić information content (AvgIpc) is 2.47. The van der Waals surface area contributed by atoms with E-state index >= 15 is 0 Å². The molecule has 0 unspecified atom stereocenters. The second kappa shape index (κ2) is 3.97. The minimum atomic E-state index is 0.137. The summed E-state index contributed by atoms with van der Waals surface area (Å²) >= 11 is 0. The summed E-state index contributed by atoms with van der Waals surface area (Å²) in [5, 5.41) is 0. The van der Waals surface area contributed by atoms with Gasteiger partial charge in [0.25, 0.3) is 0 Å². The Balaban J connectivity index is 1.86. The molecular weight excluding hydrogens is 200 g/mol. The SMILES string of the molecule is O=C1CCCC[C@@H]2[C@H]3CCCCC(=O)[C@@H]3[C@@H]12. The zero-order valence-corrected chi connectivity index (χ0v) is 9.78. The minimum Gasteiger partial charge on any atom is -0.299 e. The Hall–Kier alpha value is -0.660. The van der Waals surface area contributed by atoms with E-state index in [1.807, 2.05) is 0 Å². The number of Topliss-reactive ketones (excluding diaryl/α,β-unsaturated/α-hetero) is 2. The van der Waals surface area contributed by atoms with E-state index in [-0.39, 0.29) is 11.8 Å². The van der Waals surface area contributed by atoms with E-state index in [2.05, 4.69) is 0 Å². The highest BCUT2D eigenvalue weighted by atomic mass is 16.1. The molecule has 88 valence electrons. The maximum Gasteiger partial charge on any atom is 0.136 e. The molecule has 0 aromatic carbocycles. The summed E-state index contributed by atoms with van der Waals surface area (Å²) in [5.41, 5.74) is 0. The lowest BCUT2D eigenvalue weighted by Crippen LogP contribution is -2.52. The van der Waals surface area contributed by atoms with Crippen molar-refractivity contribution in [2.24, 2.45) is 23.7 Å². The van der Waals surface area contributed by atoms with Crippen LogP contribution in [0.1, 0.15) is 51.4 Å². The summed E-state index contributed by atoms with van der Waals surface area (Å²) in [7, 11) is 0. The van der Waals surface area contributed by atoms with Gasteiger partial charge in [0.2, 0.25) is 0 Å². The highest BCUT2D eigenvalue weighted by Gasteiger charge is 2.56. The van der Waals surface area contributed by atoms with Gasteiger partial charge in [-0.05, 0) is 37.5 Å². The maximum atomic E-state index is 12.0. The van der Waals surface area contributed by atoms with Crippen molar-refractivity contribution in [1.82, 2.24) is 0 Å². The van der Waals surface area contributed by atoms with Gasteiger partial charge in [-0.15, -0.1) is 0 Å². The van der Waals surface area contributed by atoms with Crippen LogP contribution in [0.2, 0.25) is 0 Å². The van der Waals surface area contributed by atoms with Crippen LogP contribution in [0.25, 0.3) is 0 Å². The molecule has 0 N–H and O–H groups in total. The summed E-state index contributed by atoms with van der Waals surface area (Å²) in [6.45, 7) is 0. The molecule has 2 nitrogen and oxygen atoms in total. The van der Waals surface area contributed by atoms with Crippen LogP contribution in [-0.4, -0.2) is 11.6 Å². The highest BCUT2D eigenvalue weighted by molar-refractivity contribution is 5.92. The Morgan fingerprint density at radius 1 is 0.688 bits per heavy atom. The molecule has 3 aliphatic carbocycles. The average molecular weight is 220 g/mol. The highest BCUT2D eigenvalue weighted by Crippen LogP contribution is 2.55. The van der Waals surface area contributed by atoms with Gasteiger partial charge in [0.15, 0.2) is 0 Å². The lowest BCUT2D eigenvalue weighted by atomic mass is 9.52. The van der Waals surface area contributed by atoms with Crippen LogP contribution in [0, 0.1) is 23.7 Å². The first-order valence-electron chi connectivity index (χ1n) is 6.84. The van der Waals surface area contributed by atoms with E-state index in [1.165, 1.54) is 25.7 Å². The third-order valence-corrected chi connectivity index (χ3v) is 5.02. The molecule has 3 aliphatic rings. The van der Waals surface area contributed by atoms with Gasteiger partial charge in [0, 0.05) is 24.7 Å². The number of carbonyl (C=O) groups is 2. The number of hydrogen-bond donors (Lipinski definition) is 0. The van der Waals surface area contributed by atoms with Crippen molar-refractivity contribution in [2.75, 3.05) is 0 Å². The van der Waals surface area contributed by atoms with Gasteiger partial charge in [-0.2, -0.15) is 0 Å². The van der Waals surface area contributed by atoms with Crippen LogP contribution in [0.15, 0.2) is 0 Å². The minimum absolute atomic E-state index is 0.137. The van der Waals surface area contributed by atoms with E-state index < -0.39 is 0 Å². The van der Waals surface area contributed by atoms with E-state index in [4.69, 9.17) is 0 Å². The molecule has 3 fully saturated rings. The molecule has 4 atom stereocenters. The largest absolute Gasteiger partial charge is 0.299 e. The molecular formula is C14H20O2. The van der Waals surface area contributed by atoms with Crippen molar-refractivity contribution in [2.45, 2.75) is 51.4 Å². The molecule has 0 spiro atoms. The number of ketones is 2. The summed E-state index contributed by atoms with van der Waals surface area (Å²) in [4.78, 5) is 24.1. The van der Waals surface area contributed by atoms with Gasteiger partial charge in [0.05, 0.1) is 0 Å². The predicted molar refractivity (Wildman–Crippen MR) is 60.9 cm³/mol. The van der Waals surface area contributed by atoms with Crippen LogP contribution < -0.4 is 0 Å². The van der Waals surface area contributed by atoms with Crippen LogP contribution in [0.3, 0.4) is 0 Å². The van der Waals surface area contributed by atoms with Crippen molar-refractivity contribution in [1.29, 1.82) is 0 Å². The normalized spacial score (nSPS) is 43.8. The Bertz CT molecular complexity index is 289. The maximum absolute atomic E-state index is 12.0. The molecule has 0 radical (unpaired) electrons. The van der Waals surface area contributed by atoms with Crippen LogP contribution in [0.5, 0.6) is 0 Å². The van der Waals surface area contributed by atoms with Crippen molar-refractivity contribution in [3.05, 3.63) is 0 Å². The third-order valence-electron chi connectivity index (χ3n) is 5.02. The standard InChI is InChI=1S/C14H20O2/c15-11-7-3-1-5-9-10-6-2-4-8-12(16)14(10)13(9)11/h9-10,13-14H,1-8H2/t9-,10-,13-,14-/m1/s1. The molecule has 16 heavy (non-hydrogen) atoms. The van der Waals surface area contributed by atoms with Gasteiger partial charge in [-0.1, -0.05) is 12.8 Å². The molecule has 0 saturated heterocycles.